The number of carboxylic acid groups (broad SMARTS) is 1. The van der Waals surface area contributed by atoms with Gasteiger partial charge in [-0.05, 0) is 49.9 Å². The van der Waals surface area contributed by atoms with E-state index in [1.165, 1.54) is 12.1 Å². The van der Waals surface area contributed by atoms with Crippen LogP contribution in [-0.4, -0.2) is 89.5 Å². The molecule has 14 heteroatoms. The molecule has 0 aliphatic rings. The van der Waals surface area contributed by atoms with Crippen molar-refractivity contribution >= 4 is 35.3 Å². The van der Waals surface area contributed by atoms with E-state index in [-0.39, 0.29) is 49.2 Å². The van der Waals surface area contributed by atoms with Crippen molar-refractivity contribution in [2.75, 3.05) is 26.7 Å². The molecule has 0 aromatic heterocycles. The van der Waals surface area contributed by atoms with Crippen LogP contribution in [0, 0.1) is 17.8 Å². The summed E-state index contributed by atoms with van der Waals surface area (Å²) in [5.74, 6) is -5.41. The second-order valence-electron chi connectivity index (χ2n) is 10.6. The Morgan fingerprint density at radius 2 is 1.65 bits per heavy atom. The lowest BCUT2D eigenvalue weighted by atomic mass is 9.84. The van der Waals surface area contributed by atoms with Gasteiger partial charge >= 0.3 is 5.97 Å². The maximum atomic E-state index is 13.1. The van der Waals surface area contributed by atoms with Gasteiger partial charge in [-0.25, -0.2) is 4.79 Å². The van der Waals surface area contributed by atoms with Crippen molar-refractivity contribution in [3.05, 3.63) is 29.8 Å². The van der Waals surface area contributed by atoms with Crippen molar-refractivity contribution in [2.24, 2.45) is 34.2 Å². The van der Waals surface area contributed by atoms with Crippen molar-refractivity contribution < 1.29 is 39.3 Å². The maximum absolute atomic E-state index is 13.1. The third-order valence-electron chi connectivity index (χ3n) is 7.29. The number of amides is 2. The number of aliphatic hydroxyl groups excluding tert-OH is 1. The third kappa shape index (κ3) is 13.7. The van der Waals surface area contributed by atoms with Crippen LogP contribution in [0.1, 0.15) is 51.5 Å². The summed E-state index contributed by atoms with van der Waals surface area (Å²) in [6, 6.07) is 4.67. The van der Waals surface area contributed by atoms with Gasteiger partial charge < -0.3 is 42.7 Å². The number of carboxylic acids is 1. The minimum absolute atomic E-state index is 0.0269. The third-order valence-corrected chi connectivity index (χ3v) is 7.29. The molecule has 0 radical (unpaired) electrons. The quantitative estimate of drug-likeness (QED) is 0.0501. The number of aliphatic imine (C=N–C) groups is 1. The van der Waals surface area contributed by atoms with Gasteiger partial charge in [0.15, 0.2) is 17.5 Å². The minimum Gasteiger partial charge on any atom is -0.508 e. The van der Waals surface area contributed by atoms with Gasteiger partial charge in [0.05, 0.1) is 25.1 Å². The number of nitrogens with one attached hydrogen (secondary N) is 3. The van der Waals surface area contributed by atoms with Crippen LogP contribution in [0.5, 0.6) is 5.75 Å². The highest BCUT2D eigenvalue weighted by Gasteiger charge is 2.31. The second kappa shape index (κ2) is 19.2. The lowest BCUT2D eigenvalue weighted by molar-refractivity contribution is -0.143. The van der Waals surface area contributed by atoms with Crippen molar-refractivity contribution in [1.82, 2.24) is 16.0 Å². The first-order valence-electron chi connectivity index (χ1n) is 14.3. The Morgan fingerprint density at radius 3 is 2.19 bits per heavy atom. The fraction of sp³-hybridized carbons (Fsp3) is 0.586. The summed E-state index contributed by atoms with van der Waals surface area (Å²) < 4.78 is 0. The first kappa shape index (κ1) is 37.0. The number of hydrogen-bond acceptors (Lipinski definition) is 9. The van der Waals surface area contributed by atoms with Gasteiger partial charge in [0.2, 0.25) is 11.8 Å². The molecule has 240 valence electrons. The maximum Gasteiger partial charge on any atom is 0.326 e. The van der Waals surface area contributed by atoms with Gasteiger partial charge in [-0.1, -0.05) is 32.4 Å². The van der Waals surface area contributed by atoms with Crippen LogP contribution in [0.3, 0.4) is 0 Å². The molecule has 0 fully saturated rings. The molecule has 0 saturated heterocycles. The van der Waals surface area contributed by atoms with E-state index in [9.17, 15) is 39.3 Å². The molecule has 0 spiro atoms. The van der Waals surface area contributed by atoms with E-state index < -0.39 is 67.1 Å². The summed E-state index contributed by atoms with van der Waals surface area (Å²) in [7, 11) is 1.65. The number of nitrogens with zero attached hydrogens (tertiary/aromatic N) is 1. The normalized spacial score (nSPS) is 14.4. The molecule has 0 heterocycles. The molecule has 0 aliphatic carbocycles. The minimum atomic E-state index is -1.29. The van der Waals surface area contributed by atoms with Gasteiger partial charge in [0.25, 0.3) is 0 Å². The lowest BCUT2D eigenvalue weighted by Gasteiger charge is -2.24. The smallest absolute Gasteiger partial charge is 0.326 e. The Bertz CT molecular complexity index is 1110. The summed E-state index contributed by atoms with van der Waals surface area (Å²) in [5.41, 5.74) is 11.3. The van der Waals surface area contributed by atoms with Gasteiger partial charge in [-0.2, -0.15) is 0 Å². The topological polar surface area (TPSA) is 247 Å². The Kier molecular flexibility index (Phi) is 16.5. The average molecular weight is 607 g/mol. The summed E-state index contributed by atoms with van der Waals surface area (Å²) >= 11 is 0. The molecular weight excluding hydrogens is 560 g/mol. The van der Waals surface area contributed by atoms with Gasteiger partial charge in [0.1, 0.15) is 11.8 Å². The number of aliphatic carboxylic acids is 1. The molecule has 43 heavy (non-hydrogen) atoms. The van der Waals surface area contributed by atoms with Crippen molar-refractivity contribution in [3.8, 4) is 5.75 Å². The van der Waals surface area contributed by atoms with E-state index in [1.807, 2.05) is 13.8 Å². The Labute approximate surface area is 251 Å². The summed E-state index contributed by atoms with van der Waals surface area (Å²) in [4.78, 5) is 66.8. The predicted molar refractivity (Wildman–Crippen MR) is 160 cm³/mol. The first-order chi connectivity index (χ1) is 20.3. The number of hydrogen-bond donors (Lipinski definition) is 8. The van der Waals surface area contributed by atoms with Crippen LogP contribution in [0.2, 0.25) is 0 Å². The SMILES string of the molecule is CCC(C)[C@H](CC(=O)[C@H](Cc1ccc(O)cc1)NC)C(=O)NCC(=O)C[C@@H](CO)C(=O)N[C@@H](CCCN=C(N)N)C(=O)O. The average Bonchev–Trinajstić information content (AvgIpc) is 2.97. The van der Waals surface area contributed by atoms with Crippen molar-refractivity contribution in [1.29, 1.82) is 0 Å². The number of ketones is 2. The van der Waals surface area contributed by atoms with E-state index >= 15 is 0 Å². The Balaban J connectivity index is 2.75. The number of likely N-dealkylation sites (N-methyl/N-ethyl adjacent to an activating group) is 1. The summed E-state index contributed by atoms with van der Waals surface area (Å²) in [6.07, 6.45) is 0.802. The zero-order valence-corrected chi connectivity index (χ0v) is 25.0. The van der Waals surface area contributed by atoms with Crippen LogP contribution in [0.4, 0.5) is 0 Å². The van der Waals surface area contributed by atoms with Crippen LogP contribution in [-0.2, 0) is 30.4 Å². The van der Waals surface area contributed by atoms with Gasteiger partial charge in [0, 0.05) is 25.3 Å². The fourth-order valence-corrected chi connectivity index (χ4v) is 4.39. The zero-order chi connectivity index (χ0) is 32.5. The van der Waals surface area contributed by atoms with Crippen LogP contribution in [0.15, 0.2) is 29.3 Å². The largest absolute Gasteiger partial charge is 0.508 e. The number of phenols is 1. The highest BCUT2D eigenvalue weighted by molar-refractivity contribution is 5.93. The molecule has 2 amide bonds. The van der Waals surface area contributed by atoms with Crippen molar-refractivity contribution in [2.45, 2.75) is 64.5 Å². The van der Waals surface area contributed by atoms with Crippen LogP contribution < -0.4 is 27.4 Å². The van der Waals surface area contributed by atoms with E-state index in [1.54, 1.807) is 19.2 Å². The molecular formula is C29H46N6O8. The Morgan fingerprint density at radius 1 is 1.00 bits per heavy atom. The molecule has 1 aromatic rings. The summed E-state index contributed by atoms with van der Waals surface area (Å²) in [6.45, 7) is 2.77. The zero-order valence-electron chi connectivity index (χ0n) is 25.0. The molecule has 1 rings (SSSR count). The highest BCUT2D eigenvalue weighted by Crippen LogP contribution is 2.22. The van der Waals surface area contributed by atoms with E-state index in [4.69, 9.17) is 11.5 Å². The number of phenolic OH excluding ortho intramolecular Hbond substituents is 1. The number of aromatic hydroxyl groups is 1. The summed E-state index contributed by atoms with van der Waals surface area (Å²) in [5, 5.41) is 36.5. The molecule has 0 saturated carbocycles. The molecule has 0 aliphatic heterocycles. The number of aliphatic hydroxyl groups is 1. The van der Waals surface area contributed by atoms with Gasteiger partial charge in [-0.3, -0.25) is 24.2 Å². The first-order valence-corrected chi connectivity index (χ1v) is 14.3. The Hall–Kier alpha value is -4.04. The fourth-order valence-electron chi connectivity index (χ4n) is 4.39. The molecule has 0 bridgehead atoms. The monoisotopic (exact) mass is 606 g/mol. The standard InChI is InChI=1S/C29H46N6O8/c1-4-17(2)22(14-25(39)24(32-3)12-18-7-9-20(37)10-8-18)27(41)34-15-21(38)13-19(16-36)26(40)35-23(28(42)43)6-5-11-33-29(30)31/h7-10,17,19,22-24,32,36-37H,4-6,11-16H2,1-3H3,(H,34,41)(H,35,40)(H,42,43)(H4,30,31,33)/t17?,19-,22-,23-,24-/m0/s1. The van der Waals surface area contributed by atoms with E-state index in [0.29, 0.717) is 12.8 Å². The number of rotatable bonds is 21. The predicted octanol–water partition coefficient (Wildman–Crippen LogP) is -0.549. The van der Waals surface area contributed by atoms with Gasteiger partial charge in [-0.15, -0.1) is 0 Å². The number of Topliss-reactive ketones (excluding diaryl/α,β-unsaturated/α-hetero) is 2. The highest BCUT2D eigenvalue weighted by atomic mass is 16.4. The lowest BCUT2D eigenvalue weighted by Crippen LogP contribution is -2.46. The second-order valence-corrected chi connectivity index (χ2v) is 10.6. The van der Waals surface area contributed by atoms with Crippen molar-refractivity contribution in [3.63, 3.8) is 0 Å². The molecule has 1 unspecified atom stereocenters. The van der Waals surface area contributed by atoms with Crippen LogP contribution >= 0.6 is 0 Å². The number of guanidine groups is 1. The van der Waals surface area contributed by atoms with Crippen LogP contribution in [0.25, 0.3) is 0 Å². The number of nitrogens with two attached hydrogens (primary N) is 2. The van der Waals surface area contributed by atoms with E-state index in [0.717, 1.165) is 5.56 Å². The number of carbonyl (C=O) groups excluding carboxylic acids is 4. The van der Waals surface area contributed by atoms with E-state index in [2.05, 4.69) is 20.9 Å². The molecule has 5 atom stereocenters. The number of benzene rings is 1. The molecule has 10 N–H and O–H groups in total. The molecule has 14 nitrogen and oxygen atoms in total. The molecule has 1 aromatic carbocycles. The number of carbonyl (C=O) groups is 5.